The van der Waals surface area contributed by atoms with Gasteiger partial charge in [0.15, 0.2) is 11.6 Å². The largest absolute Gasteiger partial charge is 0.367 e. The maximum Gasteiger partial charge on any atom is 0.161 e. The summed E-state index contributed by atoms with van der Waals surface area (Å²) in [4.78, 5) is 1.86. The SMILES string of the molecule is Fc1cc(F)c(N2CCCNC3(CCCC3)C2)cc1F. The molecule has 1 spiro atoms. The minimum atomic E-state index is -1.13. The Morgan fingerprint density at radius 1 is 0.950 bits per heavy atom. The fraction of sp³-hybridized carbons (Fsp3) is 0.600. The summed E-state index contributed by atoms with van der Waals surface area (Å²) in [7, 11) is 0. The van der Waals surface area contributed by atoms with E-state index in [4.69, 9.17) is 0 Å². The van der Waals surface area contributed by atoms with Gasteiger partial charge in [0.25, 0.3) is 0 Å². The van der Waals surface area contributed by atoms with Crippen LogP contribution in [0, 0.1) is 17.5 Å². The van der Waals surface area contributed by atoms with E-state index in [0.717, 1.165) is 31.9 Å². The minimum Gasteiger partial charge on any atom is -0.367 e. The first-order valence-electron chi connectivity index (χ1n) is 7.24. The molecule has 1 aromatic carbocycles. The maximum atomic E-state index is 14.0. The van der Waals surface area contributed by atoms with Crippen molar-refractivity contribution in [1.29, 1.82) is 0 Å². The molecule has 20 heavy (non-hydrogen) atoms. The number of nitrogens with zero attached hydrogens (tertiary/aromatic N) is 1. The average molecular weight is 284 g/mol. The van der Waals surface area contributed by atoms with E-state index < -0.39 is 17.5 Å². The minimum absolute atomic E-state index is 0.00774. The van der Waals surface area contributed by atoms with Gasteiger partial charge in [0.2, 0.25) is 0 Å². The van der Waals surface area contributed by atoms with Gasteiger partial charge < -0.3 is 10.2 Å². The lowest BCUT2D eigenvalue weighted by Crippen LogP contribution is -2.49. The Balaban J connectivity index is 1.90. The van der Waals surface area contributed by atoms with Gasteiger partial charge in [0.05, 0.1) is 5.69 Å². The lowest BCUT2D eigenvalue weighted by atomic mass is 9.97. The highest BCUT2D eigenvalue weighted by molar-refractivity contribution is 5.49. The summed E-state index contributed by atoms with van der Waals surface area (Å²) in [5.41, 5.74) is 0.187. The van der Waals surface area contributed by atoms with Crippen LogP contribution in [0.3, 0.4) is 0 Å². The molecule has 1 saturated carbocycles. The van der Waals surface area contributed by atoms with Gasteiger partial charge in [-0.15, -0.1) is 0 Å². The Hall–Kier alpha value is -1.23. The molecule has 1 aromatic rings. The highest BCUT2D eigenvalue weighted by Gasteiger charge is 2.37. The number of hydrogen-bond donors (Lipinski definition) is 1. The van der Waals surface area contributed by atoms with E-state index in [1.807, 2.05) is 4.90 Å². The van der Waals surface area contributed by atoms with E-state index in [9.17, 15) is 13.2 Å². The molecule has 0 unspecified atom stereocenters. The smallest absolute Gasteiger partial charge is 0.161 e. The molecule has 0 atom stereocenters. The monoisotopic (exact) mass is 284 g/mol. The fourth-order valence-corrected chi connectivity index (χ4v) is 3.47. The molecule has 3 rings (SSSR count). The fourth-order valence-electron chi connectivity index (χ4n) is 3.47. The normalized spacial score (nSPS) is 22.2. The zero-order chi connectivity index (χ0) is 14.2. The van der Waals surface area contributed by atoms with Crippen LogP contribution in [0.4, 0.5) is 18.9 Å². The van der Waals surface area contributed by atoms with E-state index in [1.54, 1.807) is 0 Å². The number of benzene rings is 1. The van der Waals surface area contributed by atoms with Gasteiger partial charge in [-0.3, -0.25) is 0 Å². The molecule has 110 valence electrons. The van der Waals surface area contributed by atoms with Gasteiger partial charge in [-0.1, -0.05) is 12.8 Å². The van der Waals surface area contributed by atoms with Gasteiger partial charge in [-0.25, -0.2) is 13.2 Å². The van der Waals surface area contributed by atoms with Crippen molar-refractivity contribution < 1.29 is 13.2 Å². The summed E-state index contributed by atoms with van der Waals surface area (Å²) in [6, 6.07) is 1.63. The molecule has 0 bridgehead atoms. The molecule has 0 amide bonds. The zero-order valence-corrected chi connectivity index (χ0v) is 11.4. The van der Waals surface area contributed by atoms with E-state index in [-0.39, 0.29) is 11.2 Å². The second-order valence-electron chi connectivity index (χ2n) is 5.91. The molecule has 1 aliphatic carbocycles. The second-order valence-corrected chi connectivity index (χ2v) is 5.91. The maximum absolute atomic E-state index is 14.0. The third-order valence-corrected chi connectivity index (χ3v) is 4.49. The summed E-state index contributed by atoms with van der Waals surface area (Å²) in [5, 5.41) is 3.57. The predicted octanol–water partition coefficient (Wildman–Crippen LogP) is 3.22. The lowest BCUT2D eigenvalue weighted by molar-refractivity contribution is 0.353. The van der Waals surface area contributed by atoms with Crippen molar-refractivity contribution in [3.8, 4) is 0 Å². The quantitative estimate of drug-likeness (QED) is 0.797. The summed E-state index contributed by atoms with van der Waals surface area (Å²) >= 11 is 0. The predicted molar refractivity (Wildman–Crippen MR) is 72.3 cm³/mol. The number of halogens is 3. The Labute approximate surface area is 117 Å². The Bertz CT molecular complexity index is 498. The first-order valence-corrected chi connectivity index (χ1v) is 7.24. The molecule has 0 radical (unpaired) electrons. The molecule has 1 aliphatic heterocycles. The van der Waals surface area contributed by atoms with Crippen LogP contribution < -0.4 is 10.2 Å². The highest BCUT2D eigenvalue weighted by atomic mass is 19.2. The molecule has 5 heteroatoms. The van der Waals surface area contributed by atoms with Crippen LogP contribution in [-0.2, 0) is 0 Å². The standard InChI is InChI=1S/C15H19F3N2/c16-11-8-13(18)14(9-12(11)17)20-7-3-6-19-15(10-20)4-1-2-5-15/h8-9,19H,1-7,10H2. The first kappa shape index (κ1) is 13.7. The number of nitrogens with one attached hydrogen (secondary N) is 1. The zero-order valence-electron chi connectivity index (χ0n) is 11.4. The van der Waals surface area contributed by atoms with Gasteiger partial charge >= 0.3 is 0 Å². The first-order chi connectivity index (χ1) is 9.60. The Morgan fingerprint density at radius 2 is 1.65 bits per heavy atom. The summed E-state index contributed by atoms with van der Waals surface area (Å²) < 4.78 is 40.4. The molecule has 2 nitrogen and oxygen atoms in total. The summed E-state index contributed by atoms with van der Waals surface area (Å²) in [6.45, 7) is 2.22. The Morgan fingerprint density at radius 3 is 2.40 bits per heavy atom. The van der Waals surface area contributed by atoms with Gasteiger partial charge in [-0.05, 0) is 25.8 Å². The van der Waals surface area contributed by atoms with E-state index in [1.165, 1.54) is 12.8 Å². The van der Waals surface area contributed by atoms with E-state index in [0.29, 0.717) is 19.2 Å². The molecular weight excluding hydrogens is 265 g/mol. The van der Waals surface area contributed by atoms with E-state index >= 15 is 0 Å². The van der Waals surface area contributed by atoms with Gasteiger partial charge in [-0.2, -0.15) is 0 Å². The third-order valence-electron chi connectivity index (χ3n) is 4.49. The highest BCUT2D eigenvalue weighted by Crippen LogP contribution is 2.34. The molecular formula is C15H19F3N2. The van der Waals surface area contributed by atoms with Crippen molar-refractivity contribution in [2.75, 3.05) is 24.5 Å². The van der Waals surface area contributed by atoms with Gasteiger partial charge in [0, 0.05) is 30.8 Å². The molecule has 1 heterocycles. The van der Waals surface area contributed by atoms with Crippen LogP contribution in [0.5, 0.6) is 0 Å². The summed E-state index contributed by atoms with van der Waals surface area (Å²) in [5.74, 6) is -2.80. The van der Waals surface area contributed by atoms with Crippen LogP contribution in [-0.4, -0.2) is 25.2 Å². The lowest BCUT2D eigenvalue weighted by Gasteiger charge is -2.34. The third kappa shape index (κ3) is 2.51. The van der Waals surface area contributed by atoms with Crippen molar-refractivity contribution >= 4 is 5.69 Å². The van der Waals surface area contributed by atoms with Crippen molar-refractivity contribution in [1.82, 2.24) is 5.32 Å². The average Bonchev–Trinajstić information content (AvgIpc) is 2.75. The van der Waals surface area contributed by atoms with Crippen LogP contribution in [0.15, 0.2) is 12.1 Å². The van der Waals surface area contributed by atoms with Crippen molar-refractivity contribution in [2.24, 2.45) is 0 Å². The molecule has 2 fully saturated rings. The van der Waals surface area contributed by atoms with Crippen molar-refractivity contribution in [3.63, 3.8) is 0 Å². The van der Waals surface area contributed by atoms with Crippen LogP contribution >= 0.6 is 0 Å². The number of anilines is 1. The van der Waals surface area contributed by atoms with Gasteiger partial charge in [0.1, 0.15) is 5.82 Å². The number of rotatable bonds is 1. The van der Waals surface area contributed by atoms with Crippen molar-refractivity contribution in [2.45, 2.75) is 37.6 Å². The topological polar surface area (TPSA) is 15.3 Å². The molecule has 1 N–H and O–H groups in total. The van der Waals surface area contributed by atoms with E-state index in [2.05, 4.69) is 5.32 Å². The van der Waals surface area contributed by atoms with Crippen LogP contribution in [0.25, 0.3) is 0 Å². The Kier molecular flexibility index (Phi) is 3.63. The van der Waals surface area contributed by atoms with Crippen LogP contribution in [0.1, 0.15) is 32.1 Å². The molecule has 0 aromatic heterocycles. The second kappa shape index (κ2) is 5.28. The van der Waals surface area contributed by atoms with Crippen molar-refractivity contribution in [3.05, 3.63) is 29.6 Å². The van der Waals surface area contributed by atoms with Crippen LogP contribution in [0.2, 0.25) is 0 Å². The number of hydrogen-bond acceptors (Lipinski definition) is 2. The molecule has 2 aliphatic rings. The summed E-state index contributed by atoms with van der Waals surface area (Å²) in [6.07, 6.45) is 5.34. The molecule has 1 saturated heterocycles.